The van der Waals surface area contributed by atoms with Crippen molar-refractivity contribution in [3.8, 4) is 12.3 Å². The van der Waals surface area contributed by atoms with Crippen LogP contribution < -0.4 is 0 Å². The normalized spacial score (nSPS) is 9.42. The Morgan fingerprint density at radius 3 is 2.83 bits per heavy atom. The molecule has 1 aromatic rings. The highest BCUT2D eigenvalue weighted by Gasteiger charge is 1.98. The molecule has 0 bridgehead atoms. The summed E-state index contributed by atoms with van der Waals surface area (Å²) >= 11 is 3.11. The Kier molecular flexibility index (Phi) is 3.31. The van der Waals surface area contributed by atoms with Crippen LogP contribution in [0.1, 0.15) is 12.0 Å². The molecule has 1 rings (SSSR count). The summed E-state index contributed by atoms with van der Waals surface area (Å²) in [6.45, 7) is 0. The Morgan fingerprint density at radius 1 is 1.50 bits per heavy atom. The minimum Gasteiger partial charge on any atom is -0.206 e. The summed E-state index contributed by atoms with van der Waals surface area (Å²) in [6.07, 6.45) is 6.60. The fourth-order valence-corrected chi connectivity index (χ4v) is 1.34. The van der Waals surface area contributed by atoms with Crippen molar-refractivity contribution in [3.63, 3.8) is 0 Å². The van der Waals surface area contributed by atoms with Crippen LogP contribution >= 0.6 is 15.9 Å². The molecule has 0 nitrogen and oxygen atoms in total. The van der Waals surface area contributed by atoms with Crippen LogP contribution in [0.5, 0.6) is 0 Å². The molecule has 0 aromatic heterocycles. The van der Waals surface area contributed by atoms with Crippen LogP contribution in [-0.4, -0.2) is 0 Å². The molecule has 2 heteroatoms. The van der Waals surface area contributed by atoms with E-state index in [1.54, 1.807) is 12.1 Å². The van der Waals surface area contributed by atoms with Crippen molar-refractivity contribution in [3.05, 3.63) is 34.1 Å². The van der Waals surface area contributed by atoms with Gasteiger partial charge in [-0.3, -0.25) is 0 Å². The van der Waals surface area contributed by atoms with Crippen LogP contribution in [0.2, 0.25) is 0 Å². The van der Waals surface area contributed by atoms with Crippen molar-refractivity contribution in [1.82, 2.24) is 0 Å². The molecule has 0 atom stereocenters. The highest BCUT2D eigenvalue weighted by molar-refractivity contribution is 9.10. The van der Waals surface area contributed by atoms with Gasteiger partial charge in [0.1, 0.15) is 5.82 Å². The van der Waals surface area contributed by atoms with E-state index in [0.717, 1.165) is 12.0 Å². The predicted molar refractivity (Wildman–Crippen MR) is 51.3 cm³/mol. The molecule has 0 saturated heterocycles. The van der Waals surface area contributed by atoms with Crippen LogP contribution in [0.25, 0.3) is 0 Å². The van der Waals surface area contributed by atoms with E-state index in [1.165, 1.54) is 6.07 Å². The number of terminal acetylenes is 1. The minimum absolute atomic E-state index is 0.237. The summed E-state index contributed by atoms with van der Waals surface area (Å²) in [7, 11) is 0. The van der Waals surface area contributed by atoms with Gasteiger partial charge in [0.05, 0.1) is 4.47 Å². The maximum Gasteiger partial charge on any atom is 0.137 e. The molecular weight excluding hydrogens is 219 g/mol. The predicted octanol–water partition coefficient (Wildman–Crippen LogP) is 3.15. The highest BCUT2D eigenvalue weighted by atomic mass is 79.9. The van der Waals surface area contributed by atoms with E-state index < -0.39 is 0 Å². The second-order valence-corrected chi connectivity index (χ2v) is 3.31. The van der Waals surface area contributed by atoms with Gasteiger partial charge in [-0.1, -0.05) is 6.07 Å². The van der Waals surface area contributed by atoms with Crippen molar-refractivity contribution in [2.24, 2.45) is 0 Å². The SMILES string of the molecule is C#CCCc1ccc(F)c(Br)c1. The fourth-order valence-electron chi connectivity index (χ4n) is 0.912. The van der Waals surface area contributed by atoms with Crippen molar-refractivity contribution in [1.29, 1.82) is 0 Å². The van der Waals surface area contributed by atoms with E-state index in [9.17, 15) is 4.39 Å². The largest absolute Gasteiger partial charge is 0.206 e. The molecule has 0 aliphatic heterocycles. The third-order valence-electron chi connectivity index (χ3n) is 1.54. The second-order valence-electron chi connectivity index (χ2n) is 2.45. The zero-order chi connectivity index (χ0) is 8.97. The van der Waals surface area contributed by atoms with Crippen molar-refractivity contribution >= 4 is 15.9 Å². The van der Waals surface area contributed by atoms with Gasteiger partial charge < -0.3 is 0 Å². The lowest BCUT2D eigenvalue weighted by Crippen LogP contribution is -1.85. The zero-order valence-corrected chi connectivity index (χ0v) is 8.07. The Bertz CT molecular complexity index is 312. The molecule has 0 N–H and O–H groups in total. The van der Waals surface area contributed by atoms with Gasteiger partial charge in [-0.25, -0.2) is 4.39 Å². The molecule has 0 aliphatic carbocycles. The molecule has 0 heterocycles. The van der Waals surface area contributed by atoms with Gasteiger partial charge in [0.2, 0.25) is 0 Å². The van der Waals surface area contributed by atoms with Gasteiger partial charge in [0, 0.05) is 6.42 Å². The Hall–Kier alpha value is -0.810. The third kappa shape index (κ3) is 2.35. The average molecular weight is 227 g/mol. The molecule has 0 saturated carbocycles. The van der Waals surface area contributed by atoms with Crippen LogP contribution in [0.15, 0.2) is 22.7 Å². The fraction of sp³-hybridized carbons (Fsp3) is 0.200. The average Bonchev–Trinajstić information content (AvgIpc) is 2.07. The molecule has 12 heavy (non-hydrogen) atoms. The monoisotopic (exact) mass is 226 g/mol. The maximum absolute atomic E-state index is 12.7. The van der Waals surface area contributed by atoms with Gasteiger partial charge in [0.15, 0.2) is 0 Å². The van der Waals surface area contributed by atoms with Gasteiger partial charge in [-0.2, -0.15) is 0 Å². The summed E-state index contributed by atoms with van der Waals surface area (Å²) in [5, 5.41) is 0. The number of aryl methyl sites for hydroxylation is 1. The summed E-state index contributed by atoms with van der Waals surface area (Å²) in [5.74, 6) is 2.30. The van der Waals surface area contributed by atoms with E-state index in [1.807, 2.05) is 0 Å². The molecular formula is C10H8BrF. The van der Waals surface area contributed by atoms with Crippen molar-refractivity contribution < 1.29 is 4.39 Å². The van der Waals surface area contributed by atoms with Crippen LogP contribution in [0.3, 0.4) is 0 Å². The Morgan fingerprint density at radius 2 is 2.25 bits per heavy atom. The summed E-state index contributed by atoms with van der Waals surface area (Å²) < 4.78 is 13.2. The summed E-state index contributed by atoms with van der Waals surface area (Å²) in [4.78, 5) is 0. The van der Waals surface area contributed by atoms with Crippen molar-refractivity contribution in [2.45, 2.75) is 12.8 Å². The number of rotatable bonds is 2. The lowest BCUT2D eigenvalue weighted by molar-refractivity contribution is 0.620. The first-order valence-corrected chi connectivity index (χ1v) is 4.40. The number of benzene rings is 1. The molecule has 0 unspecified atom stereocenters. The molecule has 0 amide bonds. The lowest BCUT2D eigenvalue weighted by Gasteiger charge is -1.99. The van der Waals surface area contributed by atoms with Gasteiger partial charge >= 0.3 is 0 Å². The third-order valence-corrected chi connectivity index (χ3v) is 2.15. The topological polar surface area (TPSA) is 0 Å². The molecule has 0 aliphatic rings. The van der Waals surface area contributed by atoms with Crippen molar-refractivity contribution in [2.75, 3.05) is 0 Å². The number of hydrogen-bond donors (Lipinski definition) is 0. The quantitative estimate of drug-likeness (QED) is 0.681. The maximum atomic E-state index is 12.7. The Labute approximate surface area is 79.9 Å². The molecule has 0 radical (unpaired) electrons. The number of halogens is 2. The van der Waals surface area contributed by atoms with E-state index >= 15 is 0 Å². The lowest BCUT2D eigenvalue weighted by atomic mass is 10.1. The molecule has 0 fully saturated rings. The standard InChI is InChI=1S/C10H8BrF/c1-2-3-4-8-5-6-10(12)9(11)7-8/h1,5-7H,3-4H2. The van der Waals surface area contributed by atoms with E-state index in [-0.39, 0.29) is 5.82 Å². The summed E-state index contributed by atoms with van der Waals surface area (Å²) in [6, 6.07) is 4.94. The first-order chi connectivity index (χ1) is 5.74. The summed E-state index contributed by atoms with van der Waals surface area (Å²) in [5.41, 5.74) is 1.06. The smallest absolute Gasteiger partial charge is 0.137 e. The second kappa shape index (κ2) is 4.27. The first-order valence-electron chi connectivity index (χ1n) is 3.61. The van der Waals surface area contributed by atoms with Gasteiger partial charge in [-0.15, -0.1) is 12.3 Å². The zero-order valence-electron chi connectivity index (χ0n) is 6.48. The van der Waals surface area contributed by atoms with E-state index in [0.29, 0.717) is 10.9 Å². The minimum atomic E-state index is -0.237. The molecule has 0 spiro atoms. The van der Waals surface area contributed by atoms with E-state index in [2.05, 4.69) is 21.9 Å². The Balaban J connectivity index is 2.77. The van der Waals surface area contributed by atoms with Crippen LogP contribution in [0, 0.1) is 18.2 Å². The van der Waals surface area contributed by atoms with Gasteiger partial charge in [-0.05, 0) is 40.0 Å². The van der Waals surface area contributed by atoms with Crippen LogP contribution in [0.4, 0.5) is 4.39 Å². The molecule has 1 aromatic carbocycles. The number of hydrogen-bond acceptors (Lipinski definition) is 0. The van der Waals surface area contributed by atoms with Crippen LogP contribution in [-0.2, 0) is 6.42 Å². The first kappa shape index (κ1) is 9.28. The van der Waals surface area contributed by atoms with Gasteiger partial charge in [0.25, 0.3) is 0 Å². The highest BCUT2D eigenvalue weighted by Crippen LogP contribution is 2.17. The van der Waals surface area contributed by atoms with E-state index in [4.69, 9.17) is 6.42 Å². The molecule has 62 valence electrons.